The molecule has 1 amide bonds. The van der Waals surface area contributed by atoms with E-state index in [2.05, 4.69) is 46.9 Å². The summed E-state index contributed by atoms with van der Waals surface area (Å²) in [6, 6.07) is 9.51. The van der Waals surface area contributed by atoms with Crippen LogP contribution in [0.2, 0.25) is 0 Å². The van der Waals surface area contributed by atoms with E-state index in [0.717, 1.165) is 12.2 Å². The number of nitrogens with one attached hydrogen (secondary N) is 1. The lowest BCUT2D eigenvalue weighted by Gasteiger charge is -2.34. The quantitative estimate of drug-likeness (QED) is 0.824. The molecule has 3 nitrogen and oxygen atoms in total. The van der Waals surface area contributed by atoms with Gasteiger partial charge in [-0.25, -0.2) is 0 Å². The van der Waals surface area contributed by atoms with Crippen molar-refractivity contribution in [3.8, 4) is 5.75 Å². The molecule has 0 radical (unpaired) electrons. The third-order valence-electron chi connectivity index (χ3n) is 3.41. The normalized spacial score (nSPS) is 13.6. The maximum Gasteiger partial charge on any atom is 0.226 e. The Morgan fingerprint density at radius 3 is 2.14 bits per heavy atom. The maximum atomic E-state index is 12.5. The highest BCUT2D eigenvalue weighted by atomic mass is 16.5. The van der Waals surface area contributed by atoms with E-state index in [-0.39, 0.29) is 29.4 Å². The van der Waals surface area contributed by atoms with Crippen molar-refractivity contribution in [1.29, 1.82) is 0 Å². The molecule has 0 saturated heterocycles. The number of carbonyl (C=O) groups is 1. The highest BCUT2D eigenvalue weighted by Gasteiger charge is 2.34. The molecule has 0 bridgehead atoms. The second-order valence-electron chi connectivity index (χ2n) is 7.83. The van der Waals surface area contributed by atoms with Crippen molar-refractivity contribution in [3.63, 3.8) is 0 Å². The molecule has 0 aliphatic heterocycles. The van der Waals surface area contributed by atoms with Crippen LogP contribution < -0.4 is 10.1 Å². The second kappa shape index (κ2) is 6.97. The first kappa shape index (κ1) is 17.5. The minimum absolute atomic E-state index is 0.0307. The van der Waals surface area contributed by atoms with E-state index in [1.54, 1.807) is 0 Å². The predicted molar refractivity (Wildman–Crippen MR) is 87.1 cm³/mol. The number of carbonyl (C=O) groups excluding carboxylic acids is 1. The Morgan fingerprint density at radius 2 is 1.67 bits per heavy atom. The Morgan fingerprint density at radius 1 is 1.10 bits per heavy atom. The first-order chi connectivity index (χ1) is 9.59. The summed E-state index contributed by atoms with van der Waals surface area (Å²) < 4.78 is 5.54. The fourth-order valence-corrected chi connectivity index (χ4v) is 2.24. The number of para-hydroxylation sites is 1. The molecule has 0 aromatic heterocycles. The second-order valence-corrected chi connectivity index (χ2v) is 7.83. The lowest BCUT2D eigenvalue weighted by molar-refractivity contribution is -0.130. The van der Waals surface area contributed by atoms with E-state index in [9.17, 15) is 4.79 Å². The molecule has 0 spiro atoms. The molecule has 0 aliphatic carbocycles. The number of hydrogen-bond donors (Lipinski definition) is 1. The lowest BCUT2D eigenvalue weighted by atomic mass is 9.72. The highest BCUT2D eigenvalue weighted by Crippen LogP contribution is 2.36. The van der Waals surface area contributed by atoms with Gasteiger partial charge in [-0.2, -0.15) is 0 Å². The van der Waals surface area contributed by atoms with E-state index in [1.165, 1.54) is 0 Å². The van der Waals surface area contributed by atoms with Crippen LogP contribution in [0.15, 0.2) is 30.3 Å². The van der Waals surface area contributed by atoms with Gasteiger partial charge >= 0.3 is 0 Å². The number of benzene rings is 1. The van der Waals surface area contributed by atoms with Crippen LogP contribution in [-0.2, 0) is 4.79 Å². The number of amides is 1. The molecule has 1 aromatic rings. The topological polar surface area (TPSA) is 38.3 Å². The van der Waals surface area contributed by atoms with Crippen LogP contribution >= 0.6 is 0 Å². The summed E-state index contributed by atoms with van der Waals surface area (Å²) >= 11 is 0. The summed E-state index contributed by atoms with van der Waals surface area (Å²) in [5.41, 5.74) is 0.0552. The van der Waals surface area contributed by atoms with Crippen LogP contribution in [0, 0.1) is 16.7 Å². The van der Waals surface area contributed by atoms with Gasteiger partial charge in [0.25, 0.3) is 0 Å². The van der Waals surface area contributed by atoms with Crippen molar-refractivity contribution in [2.75, 3.05) is 6.73 Å². The first-order valence-corrected chi connectivity index (χ1v) is 7.55. The van der Waals surface area contributed by atoms with Gasteiger partial charge in [0.2, 0.25) is 5.91 Å². The van der Waals surface area contributed by atoms with Gasteiger partial charge in [0.15, 0.2) is 6.73 Å². The van der Waals surface area contributed by atoms with Crippen molar-refractivity contribution in [2.45, 2.75) is 48.0 Å². The summed E-state index contributed by atoms with van der Waals surface area (Å²) in [6.45, 7) is 13.0. The molecular formula is C18H29NO2. The van der Waals surface area contributed by atoms with E-state index >= 15 is 0 Å². The van der Waals surface area contributed by atoms with Gasteiger partial charge in [0, 0.05) is 5.92 Å². The SMILES string of the molecule is CC(C)(C)CC(C(=O)NCOc1ccccc1)C(C)(C)C. The fraction of sp³-hybridized carbons (Fsp3) is 0.611. The summed E-state index contributed by atoms with van der Waals surface area (Å²) in [7, 11) is 0. The molecule has 1 unspecified atom stereocenters. The Bertz CT molecular complexity index is 441. The Labute approximate surface area is 129 Å². The van der Waals surface area contributed by atoms with Crippen molar-refractivity contribution in [3.05, 3.63) is 30.3 Å². The van der Waals surface area contributed by atoms with E-state index in [0.29, 0.717) is 0 Å². The summed E-state index contributed by atoms with van der Waals surface area (Å²) in [5.74, 6) is 0.797. The largest absolute Gasteiger partial charge is 0.473 e. The molecule has 1 aromatic carbocycles. The zero-order chi connectivity index (χ0) is 16.1. The monoisotopic (exact) mass is 291 g/mol. The summed E-state index contributed by atoms with van der Waals surface area (Å²) in [4.78, 5) is 12.5. The van der Waals surface area contributed by atoms with Gasteiger partial charge in [0.1, 0.15) is 5.75 Å². The number of ether oxygens (including phenoxy) is 1. The Balaban J connectivity index is 2.57. The van der Waals surface area contributed by atoms with Gasteiger partial charge in [-0.3, -0.25) is 4.79 Å². The van der Waals surface area contributed by atoms with E-state index in [1.807, 2.05) is 30.3 Å². The molecule has 0 heterocycles. The number of hydrogen-bond acceptors (Lipinski definition) is 2. The zero-order valence-corrected chi connectivity index (χ0v) is 14.2. The molecule has 0 fully saturated rings. The molecule has 118 valence electrons. The zero-order valence-electron chi connectivity index (χ0n) is 14.2. The standard InChI is InChI=1S/C18H29NO2/c1-17(2,3)12-15(18(4,5)6)16(20)19-13-21-14-10-8-7-9-11-14/h7-11,15H,12-13H2,1-6H3,(H,19,20). The van der Waals surface area contributed by atoms with E-state index in [4.69, 9.17) is 4.74 Å². The van der Waals surface area contributed by atoms with Crippen LogP contribution in [0.1, 0.15) is 48.0 Å². The molecule has 1 atom stereocenters. The Hall–Kier alpha value is -1.51. The highest BCUT2D eigenvalue weighted by molar-refractivity contribution is 5.79. The molecular weight excluding hydrogens is 262 g/mol. The van der Waals surface area contributed by atoms with Gasteiger partial charge < -0.3 is 10.1 Å². The van der Waals surface area contributed by atoms with Crippen LogP contribution in [0.5, 0.6) is 5.75 Å². The molecule has 0 saturated carbocycles. The van der Waals surface area contributed by atoms with Crippen LogP contribution in [0.3, 0.4) is 0 Å². The fourth-order valence-electron chi connectivity index (χ4n) is 2.24. The third-order valence-corrected chi connectivity index (χ3v) is 3.41. The average Bonchev–Trinajstić information content (AvgIpc) is 2.35. The number of rotatable bonds is 5. The molecule has 0 aliphatic rings. The molecule has 21 heavy (non-hydrogen) atoms. The van der Waals surface area contributed by atoms with Gasteiger partial charge in [-0.1, -0.05) is 59.7 Å². The first-order valence-electron chi connectivity index (χ1n) is 7.55. The molecule has 3 heteroatoms. The van der Waals surface area contributed by atoms with E-state index < -0.39 is 0 Å². The van der Waals surface area contributed by atoms with Gasteiger partial charge in [0.05, 0.1) is 0 Å². The third kappa shape index (κ3) is 6.65. The minimum atomic E-state index is -0.0654. The molecule has 1 N–H and O–H groups in total. The lowest BCUT2D eigenvalue weighted by Crippen LogP contribution is -2.41. The van der Waals surface area contributed by atoms with Gasteiger partial charge in [-0.15, -0.1) is 0 Å². The van der Waals surface area contributed by atoms with Gasteiger partial charge in [-0.05, 0) is 29.4 Å². The van der Waals surface area contributed by atoms with Crippen molar-refractivity contribution < 1.29 is 9.53 Å². The van der Waals surface area contributed by atoms with Crippen molar-refractivity contribution >= 4 is 5.91 Å². The van der Waals surface area contributed by atoms with Crippen LogP contribution in [0.4, 0.5) is 0 Å². The van der Waals surface area contributed by atoms with Crippen molar-refractivity contribution in [1.82, 2.24) is 5.32 Å². The van der Waals surface area contributed by atoms with Crippen LogP contribution in [-0.4, -0.2) is 12.6 Å². The summed E-state index contributed by atoms with van der Waals surface area (Å²) in [5, 5.41) is 2.90. The summed E-state index contributed by atoms with van der Waals surface area (Å²) in [6.07, 6.45) is 0.855. The van der Waals surface area contributed by atoms with Crippen molar-refractivity contribution in [2.24, 2.45) is 16.7 Å². The smallest absolute Gasteiger partial charge is 0.226 e. The van der Waals surface area contributed by atoms with Crippen LogP contribution in [0.25, 0.3) is 0 Å². The predicted octanol–water partition coefficient (Wildman–Crippen LogP) is 4.24. The average molecular weight is 291 g/mol. The molecule has 1 rings (SSSR count). The minimum Gasteiger partial charge on any atom is -0.473 e. The Kier molecular flexibility index (Phi) is 5.82. The maximum absolute atomic E-state index is 12.5.